The second-order valence-corrected chi connectivity index (χ2v) is 7.13. The van der Waals surface area contributed by atoms with Gasteiger partial charge in [-0.25, -0.2) is 4.98 Å². The molecule has 0 spiro atoms. The van der Waals surface area contributed by atoms with Crippen LogP contribution in [0.2, 0.25) is 5.02 Å². The molecule has 0 amide bonds. The molecule has 1 aromatic heterocycles. The van der Waals surface area contributed by atoms with E-state index in [1.165, 1.54) is 11.3 Å². The zero-order valence-corrected chi connectivity index (χ0v) is 15.1. The lowest BCUT2D eigenvalue weighted by Gasteiger charge is -2.19. The number of nitrogens with zero attached hydrogens (tertiary/aromatic N) is 1. The molecule has 0 unspecified atom stereocenters. The average molecular weight is 389 g/mol. The lowest BCUT2D eigenvalue weighted by Crippen LogP contribution is -2.31. The minimum atomic E-state index is -0.756. The predicted octanol–water partition coefficient (Wildman–Crippen LogP) is 5.07. The van der Waals surface area contributed by atoms with Crippen LogP contribution >= 0.6 is 38.9 Å². The highest BCUT2D eigenvalue weighted by molar-refractivity contribution is 9.10. The fraction of sp³-hybridized carbons (Fsp3) is 0.333. The highest BCUT2D eigenvalue weighted by Gasteiger charge is 2.34. The molecule has 6 heteroatoms. The van der Waals surface area contributed by atoms with Gasteiger partial charge in [0.1, 0.15) is 10.4 Å². The molecule has 0 radical (unpaired) electrons. The summed E-state index contributed by atoms with van der Waals surface area (Å²) >= 11 is 10.9. The molecule has 0 aliphatic carbocycles. The van der Waals surface area contributed by atoms with Crippen LogP contribution in [0.4, 0.5) is 0 Å². The third-order valence-corrected chi connectivity index (χ3v) is 5.20. The molecule has 21 heavy (non-hydrogen) atoms. The van der Waals surface area contributed by atoms with Crippen molar-refractivity contribution < 1.29 is 9.53 Å². The van der Waals surface area contributed by atoms with Gasteiger partial charge in [0.05, 0.1) is 17.3 Å². The Labute approximate surface area is 141 Å². The molecule has 0 saturated carbocycles. The number of ether oxygens (including phenoxy) is 1. The quantitative estimate of drug-likeness (QED) is 0.687. The Balaban J connectivity index is 2.33. The van der Waals surface area contributed by atoms with Crippen LogP contribution in [0, 0.1) is 0 Å². The Morgan fingerprint density at radius 1 is 1.48 bits per heavy atom. The van der Waals surface area contributed by atoms with Crippen molar-refractivity contribution in [2.75, 3.05) is 6.61 Å². The van der Waals surface area contributed by atoms with Gasteiger partial charge in [-0.3, -0.25) is 4.79 Å². The molecule has 3 nitrogen and oxygen atoms in total. The Hall–Kier alpha value is -0.910. The van der Waals surface area contributed by atoms with E-state index in [0.29, 0.717) is 17.3 Å². The molecule has 0 N–H and O–H groups in total. The molecular formula is C15H15BrClNO2S. The average Bonchev–Trinajstić information content (AvgIpc) is 2.92. The van der Waals surface area contributed by atoms with Gasteiger partial charge in [0.2, 0.25) is 0 Å². The van der Waals surface area contributed by atoms with E-state index >= 15 is 0 Å². The smallest absolute Gasteiger partial charge is 0.317 e. The molecular weight excluding hydrogens is 374 g/mol. The first-order valence-corrected chi connectivity index (χ1v) is 8.50. The summed E-state index contributed by atoms with van der Waals surface area (Å²) in [6.07, 6.45) is 0. The minimum absolute atomic E-state index is 0.265. The number of hydrogen-bond acceptors (Lipinski definition) is 4. The summed E-state index contributed by atoms with van der Waals surface area (Å²) in [4.78, 5) is 16.6. The largest absolute Gasteiger partial charge is 0.465 e. The van der Waals surface area contributed by atoms with E-state index in [-0.39, 0.29) is 5.97 Å². The predicted molar refractivity (Wildman–Crippen MR) is 89.9 cm³/mol. The van der Waals surface area contributed by atoms with Gasteiger partial charge in [0, 0.05) is 15.4 Å². The second kappa shape index (κ2) is 6.46. The number of aromatic nitrogens is 1. The van der Waals surface area contributed by atoms with Crippen LogP contribution in [0.3, 0.4) is 0 Å². The Morgan fingerprint density at radius 3 is 2.81 bits per heavy atom. The van der Waals surface area contributed by atoms with Crippen molar-refractivity contribution in [1.82, 2.24) is 4.98 Å². The summed E-state index contributed by atoms with van der Waals surface area (Å²) < 4.78 is 5.93. The van der Waals surface area contributed by atoms with E-state index in [4.69, 9.17) is 16.3 Å². The van der Waals surface area contributed by atoms with Gasteiger partial charge in [-0.2, -0.15) is 0 Å². The third kappa shape index (κ3) is 3.47. The molecule has 1 aromatic carbocycles. The number of thiazole rings is 1. The normalized spacial score (nSPS) is 11.5. The first kappa shape index (κ1) is 16.5. The molecule has 0 atom stereocenters. The number of rotatable bonds is 4. The van der Waals surface area contributed by atoms with Crippen molar-refractivity contribution in [3.8, 4) is 10.6 Å². The zero-order chi connectivity index (χ0) is 15.6. The topological polar surface area (TPSA) is 39.2 Å². The molecule has 0 fully saturated rings. The summed E-state index contributed by atoms with van der Waals surface area (Å²) in [5.41, 5.74) is 0.920. The first-order valence-electron chi connectivity index (χ1n) is 6.45. The molecule has 0 aliphatic rings. The lowest BCUT2D eigenvalue weighted by molar-refractivity contribution is -0.148. The van der Waals surface area contributed by atoms with Crippen LogP contribution in [0.15, 0.2) is 28.1 Å². The first-order chi connectivity index (χ1) is 9.86. The van der Waals surface area contributed by atoms with Crippen LogP contribution in [0.5, 0.6) is 0 Å². The van der Waals surface area contributed by atoms with Gasteiger partial charge in [-0.1, -0.05) is 17.7 Å². The Morgan fingerprint density at radius 2 is 2.19 bits per heavy atom. The molecule has 0 saturated heterocycles. The number of esters is 1. The maximum Gasteiger partial charge on any atom is 0.317 e. The van der Waals surface area contributed by atoms with Crippen molar-refractivity contribution in [1.29, 1.82) is 0 Å². The molecule has 2 aromatic rings. The van der Waals surface area contributed by atoms with Gasteiger partial charge in [0.25, 0.3) is 0 Å². The highest BCUT2D eigenvalue weighted by atomic mass is 79.9. The zero-order valence-electron chi connectivity index (χ0n) is 11.9. The van der Waals surface area contributed by atoms with Crippen molar-refractivity contribution in [2.45, 2.75) is 26.2 Å². The molecule has 0 bridgehead atoms. The van der Waals surface area contributed by atoms with Crippen LogP contribution in [-0.2, 0) is 14.9 Å². The Kier molecular flexibility index (Phi) is 5.07. The van der Waals surface area contributed by atoms with E-state index in [1.54, 1.807) is 6.92 Å². The number of halogens is 2. The summed E-state index contributed by atoms with van der Waals surface area (Å²) in [7, 11) is 0. The molecule has 2 rings (SSSR count). The lowest BCUT2D eigenvalue weighted by atomic mass is 9.90. The van der Waals surface area contributed by atoms with Crippen molar-refractivity contribution >= 4 is 44.8 Å². The number of hydrogen-bond donors (Lipinski definition) is 0. The number of carbonyl (C=O) groups excluding carboxylic acids is 1. The summed E-state index contributed by atoms with van der Waals surface area (Å²) in [5.74, 6) is -0.265. The van der Waals surface area contributed by atoms with Crippen LogP contribution in [0.25, 0.3) is 10.6 Å². The van der Waals surface area contributed by atoms with E-state index in [2.05, 4.69) is 20.9 Å². The highest BCUT2D eigenvalue weighted by Crippen LogP contribution is 2.33. The molecule has 112 valence electrons. The fourth-order valence-electron chi connectivity index (χ4n) is 1.74. The van der Waals surface area contributed by atoms with Crippen molar-refractivity contribution in [3.63, 3.8) is 0 Å². The summed E-state index contributed by atoms with van der Waals surface area (Å²) in [6.45, 7) is 5.80. The molecule has 0 aliphatic heterocycles. The SMILES string of the molecule is CCOC(=O)C(C)(C)c1csc(-c2ccc(Cl)c(Br)c2)n1. The van der Waals surface area contributed by atoms with Crippen LogP contribution < -0.4 is 0 Å². The number of benzene rings is 1. The van der Waals surface area contributed by atoms with Gasteiger partial charge in [0.15, 0.2) is 0 Å². The maximum atomic E-state index is 12.0. The number of carbonyl (C=O) groups is 1. The summed E-state index contributed by atoms with van der Waals surface area (Å²) in [5, 5.41) is 3.40. The fourth-order valence-corrected chi connectivity index (χ4v) is 3.22. The van der Waals surface area contributed by atoms with Gasteiger partial charge < -0.3 is 4.74 Å². The standard InChI is InChI=1S/C15H15BrClNO2S/c1-4-20-14(19)15(2,3)12-8-21-13(18-12)9-5-6-11(17)10(16)7-9/h5-8H,4H2,1-3H3. The monoisotopic (exact) mass is 387 g/mol. The second-order valence-electron chi connectivity index (χ2n) is 5.01. The van der Waals surface area contributed by atoms with E-state index < -0.39 is 5.41 Å². The maximum absolute atomic E-state index is 12.0. The minimum Gasteiger partial charge on any atom is -0.465 e. The van der Waals surface area contributed by atoms with Gasteiger partial charge >= 0.3 is 5.97 Å². The van der Waals surface area contributed by atoms with E-state index in [0.717, 1.165) is 15.0 Å². The van der Waals surface area contributed by atoms with Crippen molar-refractivity contribution in [2.24, 2.45) is 0 Å². The summed E-state index contributed by atoms with van der Waals surface area (Å²) in [6, 6.07) is 5.65. The van der Waals surface area contributed by atoms with Gasteiger partial charge in [-0.05, 0) is 48.8 Å². The molecule has 1 heterocycles. The third-order valence-electron chi connectivity index (χ3n) is 3.10. The van der Waals surface area contributed by atoms with Crippen LogP contribution in [-0.4, -0.2) is 17.6 Å². The van der Waals surface area contributed by atoms with Crippen molar-refractivity contribution in [3.05, 3.63) is 38.8 Å². The van der Waals surface area contributed by atoms with E-state index in [1.807, 2.05) is 37.4 Å². The van der Waals surface area contributed by atoms with Crippen LogP contribution in [0.1, 0.15) is 26.5 Å². The van der Waals surface area contributed by atoms with Gasteiger partial charge in [-0.15, -0.1) is 11.3 Å². The van der Waals surface area contributed by atoms with E-state index in [9.17, 15) is 4.79 Å². The Bertz CT molecular complexity index is 669.